The van der Waals surface area contributed by atoms with Crippen LogP contribution in [0.3, 0.4) is 0 Å². The molecule has 0 spiro atoms. The van der Waals surface area contributed by atoms with Crippen molar-refractivity contribution in [3.63, 3.8) is 0 Å². The fourth-order valence-electron chi connectivity index (χ4n) is 2.94. The molecule has 4 nitrogen and oxygen atoms in total. The molecule has 0 amide bonds. The summed E-state index contributed by atoms with van der Waals surface area (Å²) in [7, 11) is 0. The second-order valence-corrected chi connectivity index (χ2v) is 8.89. The van der Waals surface area contributed by atoms with Crippen LogP contribution in [0, 0.1) is 0 Å². The average molecular weight is 445 g/mol. The van der Waals surface area contributed by atoms with Crippen molar-refractivity contribution in [1.29, 1.82) is 0 Å². The summed E-state index contributed by atoms with van der Waals surface area (Å²) in [5.41, 5.74) is 2.30. The predicted octanol–water partition coefficient (Wildman–Crippen LogP) is 5.64. The maximum absolute atomic E-state index is 6.01. The first-order valence-corrected chi connectivity index (χ1v) is 11.3. The SMILES string of the molecule is CCNC(=S)Nc1ccc(SC(CCc2ccc(Cl)cc2)Cn2ccnc2)cc1. The van der Waals surface area contributed by atoms with Crippen molar-refractivity contribution in [1.82, 2.24) is 14.9 Å². The zero-order valence-electron chi connectivity index (χ0n) is 16.3. The minimum atomic E-state index is 0.432. The van der Waals surface area contributed by atoms with Gasteiger partial charge in [0.25, 0.3) is 0 Å². The molecule has 2 aromatic carbocycles. The Morgan fingerprint density at radius 1 is 1.17 bits per heavy atom. The van der Waals surface area contributed by atoms with Crippen LogP contribution in [0.4, 0.5) is 5.69 Å². The van der Waals surface area contributed by atoms with Gasteiger partial charge in [-0.2, -0.15) is 0 Å². The Balaban J connectivity index is 1.62. The van der Waals surface area contributed by atoms with Gasteiger partial charge in [0, 0.05) is 46.3 Å². The molecule has 2 N–H and O–H groups in total. The summed E-state index contributed by atoms with van der Waals surface area (Å²) >= 11 is 13.1. The number of nitrogens with one attached hydrogen (secondary N) is 2. The number of hydrogen-bond acceptors (Lipinski definition) is 3. The second kappa shape index (κ2) is 11.2. The molecule has 3 aromatic rings. The van der Waals surface area contributed by atoms with Gasteiger partial charge in [0.1, 0.15) is 0 Å². The summed E-state index contributed by atoms with van der Waals surface area (Å²) in [6, 6.07) is 16.6. The topological polar surface area (TPSA) is 41.9 Å². The summed E-state index contributed by atoms with van der Waals surface area (Å²) in [6.07, 6.45) is 7.80. The summed E-state index contributed by atoms with van der Waals surface area (Å²) in [6.45, 7) is 3.75. The van der Waals surface area contributed by atoms with E-state index in [1.807, 2.05) is 49.5 Å². The van der Waals surface area contributed by atoms with Gasteiger partial charge in [-0.05, 0) is 73.9 Å². The summed E-state index contributed by atoms with van der Waals surface area (Å²) in [5, 5.41) is 8.16. The zero-order valence-corrected chi connectivity index (χ0v) is 18.7. The largest absolute Gasteiger partial charge is 0.363 e. The van der Waals surface area contributed by atoms with E-state index in [9.17, 15) is 0 Å². The van der Waals surface area contributed by atoms with Crippen molar-refractivity contribution < 1.29 is 0 Å². The number of thiocarbonyl (C=S) groups is 1. The van der Waals surface area contributed by atoms with Gasteiger partial charge in [0.05, 0.1) is 6.33 Å². The number of anilines is 1. The number of imidazole rings is 1. The maximum Gasteiger partial charge on any atom is 0.170 e. The van der Waals surface area contributed by atoms with Gasteiger partial charge in [0.15, 0.2) is 5.11 Å². The smallest absolute Gasteiger partial charge is 0.170 e. The highest BCUT2D eigenvalue weighted by Gasteiger charge is 2.12. The molecule has 152 valence electrons. The highest BCUT2D eigenvalue weighted by atomic mass is 35.5. The van der Waals surface area contributed by atoms with Crippen LogP contribution in [0.5, 0.6) is 0 Å². The lowest BCUT2D eigenvalue weighted by Gasteiger charge is -2.18. The molecule has 0 aliphatic carbocycles. The average Bonchev–Trinajstić information content (AvgIpc) is 3.22. The number of halogens is 1. The molecule has 7 heteroatoms. The van der Waals surface area contributed by atoms with E-state index < -0.39 is 0 Å². The van der Waals surface area contributed by atoms with Crippen LogP contribution < -0.4 is 10.6 Å². The van der Waals surface area contributed by atoms with Crippen molar-refractivity contribution >= 4 is 46.4 Å². The van der Waals surface area contributed by atoms with Crippen LogP contribution in [-0.4, -0.2) is 26.5 Å². The molecule has 1 unspecified atom stereocenters. The van der Waals surface area contributed by atoms with E-state index >= 15 is 0 Å². The first kappa shape index (κ1) is 21.7. The highest BCUT2D eigenvalue weighted by Crippen LogP contribution is 2.29. The van der Waals surface area contributed by atoms with Gasteiger partial charge in [-0.1, -0.05) is 23.7 Å². The van der Waals surface area contributed by atoms with Crippen molar-refractivity contribution in [2.45, 2.75) is 36.5 Å². The molecule has 0 aliphatic rings. The van der Waals surface area contributed by atoms with Crippen molar-refractivity contribution in [2.24, 2.45) is 0 Å². The minimum Gasteiger partial charge on any atom is -0.363 e. The van der Waals surface area contributed by atoms with Gasteiger partial charge >= 0.3 is 0 Å². The minimum absolute atomic E-state index is 0.432. The molecular weight excluding hydrogens is 420 g/mol. The Kier molecular flexibility index (Phi) is 8.40. The van der Waals surface area contributed by atoms with Crippen LogP contribution in [0.25, 0.3) is 0 Å². The van der Waals surface area contributed by atoms with Gasteiger partial charge in [-0.25, -0.2) is 4.98 Å². The van der Waals surface area contributed by atoms with E-state index in [1.54, 1.807) is 0 Å². The molecule has 0 bridgehead atoms. The van der Waals surface area contributed by atoms with Crippen molar-refractivity contribution in [3.8, 4) is 0 Å². The fraction of sp³-hybridized carbons (Fsp3) is 0.273. The highest BCUT2D eigenvalue weighted by molar-refractivity contribution is 8.00. The number of rotatable bonds is 9. The molecule has 29 heavy (non-hydrogen) atoms. The molecule has 0 fully saturated rings. The Bertz CT molecular complexity index is 880. The third kappa shape index (κ3) is 7.38. The fourth-order valence-corrected chi connectivity index (χ4v) is 4.49. The lowest BCUT2D eigenvalue weighted by Crippen LogP contribution is -2.27. The van der Waals surface area contributed by atoms with Crippen molar-refractivity contribution in [2.75, 3.05) is 11.9 Å². The van der Waals surface area contributed by atoms with Crippen LogP contribution in [0.2, 0.25) is 5.02 Å². The number of thioether (sulfide) groups is 1. The second-order valence-electron chi connectivity index (χ2n) is 6.67. The van der Waals surface area contributed by atoms with E-state index in [2.05, 4.69) is 56.6 Å². The third-order valence-corrected chi connectivity index (χ3v) is 6.15. The molecule has 3 rings (SSSR count). The number of aromatic nitrogens is 2. The standard InChI is InChI=1S/C22H25ClN4S2/c1-2-25-22(28)26-19-8-11-20(12-9-19)29-21(15-27-14-13-24-16-27)10-5-17-3-6-18(23)7-4-17/h3-4,6-9,11-14,16,21H,2,5,10,15H2,1H3,(H2,25,26,28). The molecule has 0 saturated carbocycles. The van der Waals surface area contributed by atoms with Gasteiger partial charge in [0.2, 0.25) is 0 Å². The molecule has 1 heterocycles. The van der Waals surface area contributed by atoms with Crippen LogP contribution >= 0.6 is 35.6 Å². The van der Waals surface area contributed by atoms with E-state index in [0.29, 0.717) is 10.4 Å². The maximum atomic E-state index is 6.01. The Hall–Kier alpha value is -2.02. The zero-order chi connectivity index (χ0) is 20.5. The van der Waals surface area contributed by atoms with Crippen LogP contribution in [0.1, 0.15) is 18.9 Å². The van der Waals surface area contributed by atoms with E-state index in [4.69, 9.17) is 23.8 Å². The normalized spacial score (nSPS) is 11.8. The number of benzene rings is 2. The first-order valence-electron chi connectivity index (χ1n) is 9.64. The Labute approximate surface area is 187 Å². The summed E-state index contributed by atoms with van der Waals surface area (Å²) in [4.78, 5) is 5.42. The van der Waals surface area contributed by atoms with Crippen LogP contribution in [-0.2, 0) is 13.0 Å². The van der Waals surface area contributed by atoms with Crippen molar-refractivity contribution in [3.05, 3.63) is 77.8 Å². The quantitative estimate of drug-likeness (QED) is 0.330. The monoisotopic (exact) mass is 444 g/mol. The van der Waals surface area contributed by atoms with E-state index in [1.165, 1.54) is 10.5 Å². The Morgan fingerprint density at radius 2 is 1.93 bits per heavy atom. The lowest BCUT2D eigenvalue weighted by atomic mass is 10.1. The van der Waals surface area contributed by atoms with Gasteiger partial charge < -0.3 is 15.2 Å². The molecule has 0 radical (unpaired) electrons. The van der Waals surface area contributed by atoms with Gasteiger partial charge in [-0.3, -0.25) is 0 Å². The number of hydrogen-bond donors (Lipinski definition) is 2. The van der Waals surface area contributed by atoms with E-state index in [0.717, 1.165) is 36.6 Å². The molecule has 1 aromatic heterocycles. The summed E-state index contributed by atoms with van der Waals surface area (Å²) < 4.78 is 2.14. The number of nitrogens with zero attached hydrogens (tertiary/aromatic N) is 2. The molecular formula is C22H25ClN4S2. The Morgan fingerprint density at radius 3 is 2.59 bits per heavy atom. The predicted molar refractivity (Wildman–Crippen MR) is 128 cm³/mol. The molecule has 1 atom stereocenters. The lowest BCUT2D eigenvalue weighted by molar-refractivity contribution is 0.624. The molecule has 0 aliphatic heterocycles. The van der Waals surface area contributed by atoms with Gasteiger partial charge in [-0.15, -0.1) is 11.8 Å². The molecule has 0 saturated heterocycles. The number of aryl methyl sites for hydroxylation is 1. The summed E-state index contributed by atoms with van der Waals surface area (Å²) in [5.74, 6) is 0. The van der Waals surface area contributed by atoms with Crippen LogP contribution in [0.15, 0.2) is 72.1 Å². The third-order valence-electron chi connectivity index (χ3n) is 4.39. The van der Waals surface area contributed by atoms with E-state index in [-0.39, 0.29) is 0 Å². The first-order chi connectivity index (χ1) is 14.1.